The number of aliphatic carboxylic acids is 1. The van der Waals surface area contributed by atoms with Crippen LogP contribution in [0.1, 0.15) is 30.2 Å². The SMILES string of the molecule is CCCCS(=O)(=O)NCc1cc(C=CC(=O)O)cs1. The molecule has 0 fully saturated rings. The fraction of sp³-hybridized carbons (Fsp3) is 0.417. The molecule has 1 rings (SSSR count). The lowest BCUT2D eigenvalue weighted by molar-refractivity contribution is -0.131. The molecule has 0 saturated heterocycles. The number of thiophene rings is 1. The van der Waals surface area contributed by atoms with Crippen molar-refractivity contribution < 1.29 is 18.3 Å². The Bertz CT molecular complexity index is 546. The first kappa shape index (κ1) is 15.9. The summed E-state index contributed by atoms with van der Waals surface area (Å²) in [5.74, 6) is -0.867. The van der Waals surface area contributed by atoms with Crippen molar-refractivity contribution in [3.63, 3.8) is 0 Å². The summed E-state index contributed by atoms with van der Waals surface area (Å²) in [5.41, 5.74) is 0.759. The van der Waals surface area contributed by atoms with Crippen LogP contribution in [0.2, 0.25) is 0 Å². The van der Waals surface area contributed by atoms with Crippen molar-refractivity contribution >= 4 is 33.4 Å². The Morgan fingerprint density at radius 1 is 1.53 bits per heavy atom. The standard InChI is InChI=1S/C12H17NO4S2/c1-2-3-6-19(16,17)13-8-11-7-10(9-18-11)4-5-12(14)15/h4-5,7,9,13H,2-3,6,8H2,1H3,(H,14,15). The molecule has 0 aliphatic heterocycles. The largest absolute Gasteiger partial charge is 0.478 e. The molecule has 1 aromatic heterocycles. The van der Waals surface area contributed by atoms with Crippen molar-refractivity contribution in [2.75, 3.05) is 5.75 Å². The molecule has 0 radical (unpaired) electrons. The molecular weight excluding hydrogens is 286 g/mol. The van der Waals surface area contributed by atoms with E-state index in [1.807, 2.05) is 6.92 Å². The number of carbonyl (C=O) groups is 1. The molecule has 2 N–H and O–H groups in total. The van der Waals surface area contributed by atoms with E-state index in [0.717, 1.165) is 22.9 Å². The van der Waals surface area contributed by atoms with Gasteiger partial charge in [-0.1, -0.05) is 13.3 Å². The second-order valence-corrected chi connectivity index (χ2v) is 6.93. The van der Waals surface area contributed by atoms with Gasteiger partial charge >= 0.3 is 5.97 Å². The number of hydrogen-bond acceptors (Lipinski definition) is 4. The Balaban J connectivity index is 2.53. The second-order valence-electron chi connectivity index (χ2n) is 4.01. The molecule has 0 aliphatic carbocycles. The van der Waals surface area contributed by atoms with Gasteiger partial charge in [0.2, 0.25) is 10.0 Å². The summed E-state index contributed by atoms with van der Waals surface area (Å²) in [5, 5.41) is 10.3. The van der Waals surface area contributed by atoms with Crippen LogP contribution in [-0.4, -0.2) is 25.2 Å². The van der Waals surface area contributed by atoms with Crippen molar-refractivity contribution in [2.24, 2.45) is 0 Å². The first-order valence-electron chi connectivity index (χ1n) is 5.88. The van der Waals surface area contributed by atoms with Gasteiger partial charge in [-0.25, -0.2) is 17.9 Å². The maximum Gasteiger partial charge on any atom is 0.328 e. The number of carboxylic acid groups (broad SMARTS) is 1. The normalized spacial score (nSPS) is 12.1. The summed E-state index contributed by atoms with van der Waals surface area (Å²) in [7, 11) is -3.21. The highest BCUT2D eigenvalue weighted by atomic mass is 32.2. The first-order valence-corrected chi connectivity index (χ1v) is 8.42. The molecule has 0 amide bonds. The minimum Gasteiger partial charge on any atom is -0.478 e. The van der Waals surface area contributed by atoms with Gasteiger partial charge in [-0.15, -0.1) is 11.3 Å². The van der Waals surface area contributed by atoms with E-state index in [2.05, 4.69) is 4.72 Å². The number of nitrogens with one attached hydrogen (secondary N) is 1. The van der Waals surface area contributed by atoms with Gasteiger partial charge in [0, 0.05) is 17.5 Å². The van der Waals surface area contributed by atoms with E-state index in [1.54, 1.807) is 11.4 Å². The molecule has 0 bridgehead atoms. The molecular formula is C12H17NO4S2. The predicted molar refractivity (Wildman–Crippen MR) is 76.5 cm³/mol. The predicted octanol–water partition coefficient (Wildman–Crippen LogP) is 2.07. The van der Waals surface area contributed by atoms with Crippen LogP contribution < -0.4 is 4.72 Å². The molecule has 1 heterocycles. The third-order valence-electron chi connectivity index (χ3n) is 2.33. The van der Waals surface area contributed by atoms with Gasteiger partial charge in [0.05, 0.1) is 5.75 Å². The number of unbranched alkanes of at least 4 members (excludes halogenated alkanes) is 1. The molecule has 1 aromatic rings. The lowest BCUT2D eigenvalue weighted by atomic mass is 10.3. The summed E-state index contributed by atoms with van der Waals surface area (Å²) in [6.07, 6.45) is 4.02. The van der Waals surface area contributed by atoms with E-state index in [1.165, 1.54) is 17.4 Å². The molecule has 0 aromatic carbocycles. The van der Waals surface area contributed by atoms with E-state index in [0.29, 0.717) is 6.42 Å². The lowest BCUT2D eigenvalue weighted by Gasteiger charge is -2.03. The molecule has 0 unspecified atom stereocenters. The Hall–Kier alpha value is -1.18. The molecule has 0 atom stereocenters. The highest BCUT2D eigenvalue weighted by molar-refractivity contribution is 7.89. The zero-order chi connectivity index (χ0) is 14.3. The zero-order valence-corrected chi connectivity index (χ0v) is 12.3. The van der Waals surface area contributed by atoms with Gasteiger partial charge in [0.25, 0.3) is 0 Å². The maximum atomic E-state index is 11.6. The topological polar surface area (TPSA) is 83.5 Å². The monoisotopic (exact) mass is 303 g/mol. The summed E-state index contributed by atoms with van der Waals surface area (Å²) in [6, 6.07) is 1.77. The van der Waals surface area contributed by atoms with Crippen LogP contribution in [0.15, 0.2) is 17.5 Å². The summed E-state index contributed by atoms with van der Waals surface area (Å²) in [4.78, 5) is 11.2. The maximum absolute atomic E-state index is 11.6. The van der Waals surface area contributed by atoms with Gasteiger partial charge in [-0.05, 0) is 29.5 Å². The second kappa shape index (κ2) is 7.42. The number of sulfonamides is 1. The Labute approximate surface area is 117 Å². The quantitative estimate of drug-likeness (QED) is 0.720. The van der Waals surface area contributed by atoms with Crippen molar-refractivity contribution in [3.05, 3.63) is 28.0 Å². The summed E-state index contributed by atoms with van der Waals surface area (Å²) in [6.45, 7) is 2.19. The van der Waals surface area contributed by atoms with Crippen molar-refractivity contribution in [2.45, 2.75) is 26.3 Å². The van der Waals surface area contributed by atoms with Crippen molar-refractivity contribution in [1.82, 2.24) is 4.72 Å². The fourth-order valence-electron chi connectivity index (χ4n) is 1.33. The first-order chi connectivity index (χ1) is 8.93. The molecule has 7 heteroatoms. The van der Waals surface area contributed by atoms with Crippen LogP contribution in [0.4, 0.5) is 0 Å². The fourth-order valence-corrected chi connectivity index (χ4v) is 3.41. The molecule has 106 valence electrons. The van der Waals surface area contributed by atoms with Crippen LogP contribution in [-0.2, 0) is 21.4 Å². The number of hydrogen-bond donors (Lipinski definition) is 2. The summed E-state index contributed by atoms with van der Waals surface area (Å²) < 4.78 is 25.7. The third-order valence-corrected chi connectivity index (χ3v) is 4.69. The van der Waals surface area contributed by atoms with Gasteiger partial charge in [0.1, 0.15) is 0 Å². The van der Waals surface area contributed by atoms with E-state index in [4.69, 9.17) is 5.11 Å². The average molecular weight is 303 g/mol. The van der Waals surface area contributed by atoms with Crippen LogP contribution in [0.25, 0.3) is 6.08 Å². The average Bonchev–Trinajstić information content (AvgIpc) is 2.80. The summed E-state index contributed by atoms with van der Waals surface area (Å²) >= 11 is 1.39. The smallest absolute Gasteiger partial charge is 0.328 e. The molecule has 0 saturated carbocycles. The van der Waals surface area contributed by atoms with Crippen LogP contribution >= 0.6 is 11.3 Å². The minimum atomic E-state index is -3.21. The Kier molecular flexibility index (Phi) is 6.20. The minimum absolute atomic E-state index is 0.140. The number of carboxylic acids is 1. The van der Waals surface area contributed by atoms with E-state index >= 15 is 0 Å². The Morgan fingerprint density at radius 3 is 2.89 bits per heavy atom. The van der Waals surface area contributed by atoms with Crippen molar-refractivity contribution in [3.8, 4) is 0 Å². The van der Waals surface area contributed by atoms with Crippen molar-refractivity contribution in [1.29, 1.82) is 0 Å². The lowest BCUT2D eigenvalue weighted by Crippen LogP contribution is -2.25. The molecule has 0 spiro atoms. The highest BCUT2D eigenvalue weighted by Gasteiger charge is 2.09. The van der Waals surface area contributed by atoms with Crippen LogP contribution in [0, 0.1) is 0 Å². The van der Waals surface area contributed by atoms with Gasteiger partial charge in [-0.2, -0.15) is 0 Å². The highest BCUT2D eigenvalue weighted by Crippen LogP contribution is 2.16. The van der Waals surface area contributed by atoms with Gasteiger partial charge in [-0.3, -0.25) is 0 Å². The molecule has 19 heavy (non-hydrogen) atoms. The molecule has 0 aliphatic rings. The Morgan fingerprint density at radius 2 is 2.26 bits per heavy atom. The van der Waals surface area contributed by atoms with Crippen LogP contribution in [0.3, 0.4) is 0 Å². The molecule has 5 nitrogen and oxygen atoms in total. The van der Waals surface area contributed by atoms with Gasteiger partial charge in [0.15, 0.2) is 0 Å². The van der Waals surface area contributed by atoms with Crippen LogP contribution in [0.5, 0.6) is 0 Å². The van der Waals surface area contributed by atoms with E-state index in [-0.39, 0.29) is 12.3 Å². The van der Waals surface area contributed by atoms with Gasteiger partial charge < -0.3 is 5.11 Å². The third kappa shape index (κ3) is 6.51. The van der Waals surface area contributed by atoms with E-state index in [9.17, 15) is 13.2 Å². The number of rotatable bonds is 8. The van der Waals surface area contributed by atoms with E-state index < -0.39 is 16.0 Å². The zero-order valence-electron chi connectivity index (χ0n) is 10.6.